The van der Waals surface area contributed by atoms with Gasteiger partial charge in [0.15, 0.2) is 0 Å². The van der Waals surface area contributed by atoms with Crippen molar-refractivity contribution in [3.63, 3.8) is 0 Å². The Morgan fingerprint density at radius 3 is 2.18 bits per heavy atom. The van der Waals surface area contributed by atoms with E-state index in [4.69, 9.17) is 0 Å². The van der Waals surface area contributed by atoms with Gasteiger partial charge in [-0.3, -0.25) is 0 Å². The zero-order chi connectivity index (χ0) is 22.2. The fraction of sp³-hybridized carbons (Fsp3) is 0.323. The average molecular weight is 569 g/mol. The van der Waals surface area contributed by atoms with Crippen molar-refractivity contribution in [3.8, 4) is 11.1 Å². The molecular formula is C31H34Cl2Zr. The van der Waals surface area contributed by atoms with Gasteiger partial charge in [0, 0.05) is 0 Å². The summed E-state index contributed by atoms with van der Waals surface area (Å²) in [5, 5.41) is 2.86. The Bertz CT molecular complexity index is 1250. The fourth-order valence-corrected chi connectivity index (χ4v) is 16.3. The first-order valence-corrected chi connectivity index (χ1v) is 16.1. The van der Waals surface area contributed by atoms with Crippen molar-refractivity contribution in [2.45, 2.75) is 50.6 Å². The molecule has 0 nitrogen and oxygen atoms in total. The summed E-state index contributed by atoms with van der Waals surface area (Å²) in [5.41, 5.74) is 6.21. The van der Waals surface area contributed by atoms with Gasteiger partial charge in [-0.25, -0.2) is 0 Å². The summed E-state index contributed by atoms with van der Waals surface area (Å²) in [6.07, 6.45) is 11.0. The minimum absolute atomic E-state index is 0. The number of hydrogen-bond acceptors (Lipinski definition) is 0. The van der Waals surface area contributed by atoms with Gasteiger partial charge in [0.1, 0.15) is 0 Å². The SMILES string of the molecule is CC(C)C[C](CC(C)C)=[Zr+2]([C]1=CC=CC1)[CH]1c2ccccc2-c2ccc3ccccc3c21.[Cl-].[Cl-]. The Morgan fingerprint density at radius 1 is 0.824 bits per heavy atom. The van der Waals surface area contributed by atoms with E-state index in [0.717, 1.165) is 11.8 Å². The van der Waals surface area contributed by atoms with E-state index in [9.17, 15) is 0 Å². The Morgan fingerprint density at radius 2 is 1.50 bits per heavy atom. The minimum Gasteiger partial charge on any atom is -1.00 e. The number of allylic oxidation sites excluding steroid dienone is 4. The summed E-state index contributed by atoms with van der Waals surface area (Å²) in [4.78, 5) is 0. The summed E-state index contributed by atoms with van der Waals surface area (Å²) in [7, 11) is 0. The van der Waals surface area contributed by atoms with Gasteiger partial charge in [-0.1, -0.05) is 0 Å². The third-order valence-electron chi connectivity index (χ3n) is 6.92. The molecule has 0 amide bonds. The van der Waals surface area contributed by atoms with Crippen LogP contribution in [0, 0.1) is 11.8 Å². The van der Waals surface area contributed by atoms with Crippen molar-refractivity contribution in [1.82, 2.24) is 0 Å². The molecule has 0 bridgehead atoms. The molecule has 0 radical (unpaired) electrons. The van der Waals surface area contributed by atoms with Crippen molar-refractivity contribution < 1.29 is 46.1 Å². The van der Waals surface area contributed by atoms with E-state index in [0.29, 0.717) is 3.63 Å². The molecule has 3 aromatic carbocycles. The van der Waals surface area contributed by atoms with Gasteiger partial charge in [0.25, 0.3) is 0 Å². The van der Waals surface area contributed by atoms with Gasteiger partial charge in [-0.15, -0.1) is 0 Å². The maximum atomic E-state index is 2.50. The van der Waals surface area contributed by atoms with Crippen LogP contribution in [-0.2, 0) is 21.3 Å². The van der Waals surface area contributed by atoms with Crippen LogP contribution < -0.4 is 24.8 Å². The van der Waals surface area contributed by atoms with E-state index >= 15 is 0 Å². The smallest absolute Gasteiger partial charge is 1.00 e. The maximum Gasteiger partial charge on any atom is -1.00 e. The third kappa shape index (κ3) is 5.14. The van der Waals surface area contributed by atoms with Crippen molar-refractivity contribution in [2.75, 3.05) is 0 Å². The zero-order valence-corrected chi connectivity index (χ0v) is 24.6. The molecule has 34 heavy (non-hydrogen) atoms. The molecule has 1 unspecified atom stereocenters. The van der Waals surface area contributed by atoms with E-state index in [2.05, 4.69) is 107 Å². The summed E-state index contributed by atoms with van der Waals surface area (Å²) in [6.45, 7) is 9.64. The van der Waals surface area contributed by atoms with E-state index in [-0.39, 0.29) is 24.8 Å². The summed E-state index contributed by atoms with van der Waals surface area (Å²) >= 11 is -2.22. The van der Waals surface area contributed by atoms with Crippen LogP contribution in [0.15, 0.2) is 82.2 Å². The molecule has 0 aromatic heterocycles. The predicted molar refractivity (Wildman–Crippen MR) is 137 cm³/mol. The largest absolute Gasteiger partial charge is 1.00 e. The van der Waals surface area contributed by atoms with Crippen LogP contribution in [0.5, 0.6) is 0 Å². The van der Waals surface area contributed by atoms with Crippen molar-refractivity contribution in [2.24, 2.45) is 11.8 Å². The van der Waals surface area contributed by atoms with Crippen LogP contribution in [0.3, 0.4) is 0 Å². The molecule has 1 atom stereocenters. The number of halogens is 2. The molecule has 0 fully saturated rings. The first-order valence-electron chi connectivity index (χ1n) is 12.2. The van der Waals surface area contributed by atoms with Gasteiger partial charge in [-0.05, 0) is 0 Å². The van der Waals surface area contributed by atoms with E-state index in [1.165, 1.54) is 41.2 Å². The number of benzene rings is 3. The summed E-state index contributed by atoms with van der Waals surface area (Å²) < 4.78 is 4.32. The molecule has 3 aromatic rings. The van der Waals surface area contributed by atoms with Crippen LogP contribution in [0.1, 0.15) is 61.7 Å². The molecule has 0 spiro atoms. The van der Waals surface area contributed by atoms with Gasteiger partial charge in [0.2, 0.25) is 0 Å². The van der Waals surface area contributed by atoms with Gasteiger partial charge < -0.3 is 24.8 Å². The number of fused-ring (bicyclic) bond motifs is 5. The standard InChI is InChI=1S/C17H11.C9H18.C5H5.2ClH.Zr/c1-3-7-14-12(5-1)9-10-16-15-8-4-2-6-13(15)11-17(14)16;1-8(2)6-5-7-9(3)4;1-2-4-5-3-1;;;/h1-11H;8-9H,6-7H2,1-4H3;1-3H,4H2;2*1H;/q;;;;;+2/p-2. The fourth-order valence-electron chi connectivity index (χ4n) is 5.84. The quantitative estimate of drug-likeness (QED) is 0.429. The maximum absolute atomic E-state index is 2.50. The Labute approximate surface area is 225 Å². The van der Waals surface area contributed by atoms with Crippen LogP contribution in [0.2, 0.25) is 0 Å². The Balaban J connectivity index is 0.00000162. The Hall–Kier alpha value is -1.27. The molecule has 2 aliphatic rings. The Kier molecular flexibility index (Phi) is 9.36. The first-order chi connectivity index (χ1) is 15.5. The topological polar surface area (TPSA) is 0 Å². The zero-order valence-electron chi connectivity index (χ0n) is 20.6. The molecule has 176 valence electrons. The van der Waals surface area contributed by atoms with Crippen molar-refractivity contribution >= 4 is 14.0 Å². The third-order valence-corrected chi connectivity index (χ3v) is 15.3. The van der Waals surface area contributed by atoms with Crippen LogP contribution in [0.25, 0.3) is 21.9 Å². The monoisotopic (exact) mass is 566 g/mol. The molecule has 0 saturated heterocycles. The minimum atomic E-state index is -2.22. The van der Waals surface area contributed by atoms with E-state index in [1.807, 2.05) is 3.21 Å². The summed E-state index contributed by atoms with van der Waals surface area (Å²) in [5.74, 6) is 1.44. The number of hydrogen-bond donors (Lipinski definition) is 0. The normalized spacial score (nSPS) is 15.3. The second kappa shape index (κ2) is 11.6. The molecule has 0 heterocycles. The molecular weight excluding hydrogens is 534 g/mol. The second-order valence-corrected chi connectivity index (χ2v) is 17.1. The molecule has 5 rings (SSSR count). The van der Waals surface area contributed by atoms with Gasteiger partial charge >= 0.3 is 202 Å². The average Bonchev–Trinajstić information content (AvgIpc) is 3.41. The van der Waals surface area contributed by atoms with Crippen LogP contribution in [-0.4, -0.2) is 3.21 Å². The van der Waals surface area contributed by atoms with Crippen molar-refractivity contribution in [1.29, 1.82) is 0 Å². The molecule has 0 saturated carbocycles. The van der Waals surface area contributed by atoms with Gasteiger partial charge in [-0.2, -0.15) is 0 Å². The molecule has 3 heteroatoms. The molecule has 2 aliphatic carbocycles. The molecule has 0 aliphatic heterocycles. The van der Waals surface area contributed by atoms with Crippen molar-refractivity contribution in [3.05, 3.63) is 93.3 Å². The van der Waals surface area contributed by atoms with Gasteiger partial charge in [0.05, 0.1) is 0 Å². The van der Waals surface area contributed by atoms with Crippen LogP contribution >= 0.6 is 0 Å². The van der Waals surface area contributed by atoms with E-state index < -0.39 is 21.3 Å². The van der Waals surface area contributed by atoms with E-state index in [1.54, 1.807) is 14.4 Å². The number of rotatable bonds is 6. The second-order valence-electron chi connectivity index (χ2n) is 10.3. The molecule has 0 N–H and O–H groups in total. The summed E-state index contributed by atoms with van der Waals surface area (Å²) in [6, 6.07) is 23.1. The first kappa shape index (κ1) is 27.3. The predicted octanol–water partition coefficient (Wildman–Crippen LogP) is 2.64. The van der Waals surface area contributed by atoms with Crippen LogP contribution in [0.4, 0.5) is 0 Å².